The molecule has 1 saturated carbocycles. The molecule has 2 nitrogen and oxygen atoms in total. The number of rotatable bonds is 4. The highest BCUT2D eigenvalue weighted by Gasteiger charge is 2.27. The van der Waals surface area contributed by atoms with Crippen LogP contribution in [0.25, 0.3) is 0 Å². The number of halogens is 1. The molecule has 3 heteroatoms. The van der Waals surface area contributed by atoms with Crippen LogP contribution in [0.1, 0.15) is 45.1 Å². The van der Waals surface area contributed by atoms with Crippen molar-refractivity contribution in [2.24, 2.45) is 5.41 Å². The predicted octanol–water partition coefficient (Wildman–Crippen LogP) is 3.70. The van der Waals surface area contributed by atoms with Crippen molar-refractivity contribution in [3.8, 4) is 0 Å². The van der Waals surface area contributed by atoms with Crippen molar-refractivity contribution in [1.29, 1.82) is 0 Å². The Bertz CT molecular complexity index is 480. The molecule has 0 atom stereocenters. The van der Waals surface area contributed by atoms with Gasteiger partial charge < -0.3 is 10.2 Å². The lowest BCUT2D eigenvalue weighted by Gasteiger charge is -2.39. The molecule has 1 aromatic carbocycles. The molecule has 110 valence electrons. The van der Waals surface area contributed by atoms with E-state index in [9.17, 15) is 4.39 Å². The normalized spacial score (nSPS) is 22.1. The van der Waals surface area contributed by atoms with Crippen molar-refractivity contribution in [3.05, 3.63) is 29.6 Å². The molecule has 0 radical (unpaired) electrons. The van der Waals surface area contributed by atoms with Crippen LogP contribution < -0.4 is 10.2 Å². The van der Waals surface area contributed by atoms with Crippen molar-refractivity contribution in [3.63, 3.8) is 0 Å². The van der Waals surface area contributed by atoms with Gasteiger partial charge in [-0.1, -0.05) is 19.9 Å². The standard InChI is InChI=1S/C17H25FN2/c1-17(2)8-3-9-20(12-17)16-7-4-13(10-15(16)18)11-19-14-5-6-14/h4,7,10,14,19H,3,5-6,8-9,11-12H2,1-2H3. The van der Waals surface area contributed by atoms with Crippen LogP contribution in [0.4, 0.5) is 10.1 Å². The van der Waals surface area contributed by atoms with Crippen molar-refractivity contribution in [2.75, 3.05) is 18.0 Å². The van der Waals surface area contributed by atoms with Crippen molar-refractivity contribution in [2.45, 2.75) is 52.1 Å². The van der Waals surface area contributed by atoms with Gasteiger partial charge in [0.1, 0.15) is 5.82 Å². The topological polar surface area (TPSA) is 15.3 Å². The van der Waals surface area contributed by atoms with E-state index in [0.717, 1.165) is 37.3 Å². The van der Waals surface area contributed by atoms with Crippen LogP contribution in [0.3, 0.4) is 0 Å². The molecule has 20 heavy (non-hydrogen) atoms. The number of nitrogens with one attached hydrogen (secondary N) is 1. The first-order valence-corrected chi connectivity index (χ1v) is 7.80. The SMILES string of the molecule is CC1(C)CCCN(c2ccc(CNC3CC3)cc2F)C1. The molecule has 1 aliphatic carbocycles. The van der Waals surface area contributed by atoms with Gasteiger partial charge in [-0.15, -0.1) is 0 Å². The molecule has 0 spiro atoms. The number of nitrogens with zero attached hydrogens (tertiary/aromatic N) is 1. The number of hydrogen-bond donors (Lipinski definition) is 1. The van der Waals surface area contributed by atoms with E-state index in [4.69, 9.17) is 0 Å². The average Bonchev–Trinajstić information content (AvgIpc) is 3.19. The highest BCUT2D eigenvalue weighted by molar-refractivity contribution is 5.49. The van der Waals surface area contributed by atoms with Crippen LogP contribution >= 0.6 is 0 Å². The second-order valence-electron chi connectivity index (χ2n) is 7.13. The van der Waals surface area contributed by atoms with Crippen molar-refractivity contribution in [1.82, 2.24) is 5.32 Å². The molecule has 1 aliphatic heterocycles. The van der Waals surface area contributed by atoms with Gasteiger partial charge in [0.2, 0.25) is 0 Å². The van der Waals surface area contributed by atoms with Crippen molar-refractivity contribution < 1.29 is 4.39 Å². The van der Waals surface area contributed by atoms with Gasteiger partial charge in [0.05, 0.1) is 5.69 Å². The Morgan fingerprint density at radius 2 is 2.15 bits per heavy atom. The average molecular weight is 276 g/mol. The van der Waals surface area contributed by atoms with Gasteiger partial charge in [0.15, 0.2) is 0 Å². The van der Waals surface area contributed by atoms with Gasteiger partial charge in [-0.25, -0.2) is 4.39 Å². The van der Waals surface area contributed by atoms with Crippen LogP contribution in [0, 0.1) is 11.2 Å². The quantitative estimate of drug-likeness (QED) is 0.902. The molecular formula is C17H25FN2. The zero-order valence-electron chi connectivity index (χ0n) is 12.6. The van der Waals surface area contributed by atoms with E-state index in [2.05, 4.69) is 30.1 Å². The molecule has 1 heterocycles. The smallest absolute Gasteiger partial charge is 0.146 e. The first-order valence-electron chi connectivity index (χ1n) is 7.80. The van der Waals surface area contributed by atoms with E-state index in [0.29, 0.717) is 6.04 Å². The number of piperidine rings is 1. The Morgan fingerprint density at radius 3 is 2.80 bits per heavy atom. The first kappa shape index (κ1) is 13.9. The third-order valence-electron chi connectivity index (χ3n) is 4.43. The van der Waals surface area contributed by atoms with Gasteiger partial charge >= 0.3 is 0 Å². The zero-order chi connectivity index (χ0) is 14.2. The van der Waals surface area contributed by atoms with E-state index in [-0.39, 0.29) is 11.2 Å². The van der Waals surface area contributed by atoms with E-state index in [1.807, 2.05) is 6.07 Å². The van der Waals surface area contributed by atoms with Crippen LogP contribution in [-0.2, 0) is 6.54 Å². The minimum absolute atomic E-state index is 0.0715. The summed E-state index contributed by atoms with van der Waals surface area (Å²) in [5.74, 6) is -0.0715. The summed E-state index contributed by atoms with van der Waals surface area (Å²) in [4.78, 5) is 2.21. The van der Waals surface area contributed by atoms with Crippen LogP contribution in [0.15, 0.2) is 18.2 Å². The molecule has 2 fully saturated rings. The lowest BCUT2D eigenvalue weighted by atomic mass is 9.84. The fourth-order valence-electron chi connectivity index (χ4n) is 3.10. The second-order valence-corrected chi connectivity index (χ2v) is 7.13. The maximum absolute atomic E-state index is 14.4. The van der Waals surface area contributed by atoms with Crippen LogP contribution in [0.5, 0.6) is 0 Å². The summed E-state index contributed by atoms with van der Waals surface area (Å²) in [6.07, 6.45) is 4.92. The summed E-state index contributed by atoms with van der Waals surface area (Å²) in [5, 5.41) is 3.43. The van der Waals surface area contributed by atoms with Gasteiger partial charge in [-0.2, -0.15) is 0 Å². The summed E-state index contributed by atoms with van der Waals surface area (Å²) in [7, 11) is 0. The molecule has 0 amide bonds. The summed E-state index contributed by atoms with van der Waals surface area (Å²) in [6.45, 7) is 7.24. The molecule has 0 unspecified atom stereocenters. The molecule has 3 rings (SSSR count). The monoisotopic (exact) mass is 276 g/mol. The summed E-state index contributed by atoms with van der Waals surface area (Å²) in [6, 6.07) is 6.39. The molecule has 1 saturated heterocycles. The molecule has 1 aromatic rings. The zero-order valence-corrected chi connectivity index (χ0v) is 12.6. The minimum Gasteiger partial charge on any atom is -0.369 e. The fourth-order valence-corrected chi connectivity index (χ4v) is 3.10. The van der Waals surface area contributed by atoms with Gasteiger partial charge in [0, 0.05) is 25.7 Å². The summed E-state index contributed by atoms with van der Waals surface area (Å²) >= 11 is 0. The van der Waals surface area contributed by atoms with E-state index in [1.54, 1.807) is 6.07 Å². The van der Waals surface area contributed by atoms with Crippen molar-refractivity contribution >= 4 is 5.69 Å². The molecule has 1 N–H and O–H groups in total. The van der Waals surface area contributed by atoms with Gasteiger partial charge in [-0.05, 0) is 48.8 Å². The third-order valence-corrected chi connectivity index (χ3v) is 4.43. The Kier molecular flexibility index (Phi) is 3.72. The fraction of sp³-hybridized carbons (Fsp3) is 0.647. The Balaban J connectivity index is 1.69. The van der Waals surface area contributed by atoms with Gasteiger partial charge in [-0.3, -0.25) is 0 Å². The molecule has 0 aromatic heterocycles. The number of hydrogen-bond acceptors (Lipinski definition) is 2. The molecule has 0 bridgehead atoms. The number of anilines is 1. The Labute approximate surface area is 121 Å². The van der Waals surface area contributed by atoms with E-state index >= 15 is 0 Å². The Morgan fingerprint density at radius 1 is 1.35 bits per heavy atom. The highest BCUT2D eigenvalue weighted by atomic mass is 19.1. The van der Waals surface area contributed by atoms with Crippen LogP contribution in [0.2, 0.25) is 0 Å². The van der Waals surface area contributed by atoms with E-state index in [1.165, 1.54) is 19.3 Å². The van der Waals surface area contributed by atoms with Gasteiger partial charge in [0.25, 0.3) is 0 Å². The molecule has 2 aliphatic rings. The minimum atomic E-state index is -0.0715. The predicted molar refractivity (Wildman–Crippen MR) is 81.5 cm³/mol. The lowest BCUT2D eigenvalue weighted by molar-refractivity contribution is 0.292. The summed E-state index contributed by atoms with van der Waals surface area (Å²) in [5.41, 5.74) is 2.11. The largest absolute Gasteiger partial charge is 0.369 e. The van der Waals surface area contributed by atoms with Crippen LogP contribution in [-0.4, -0.2) is 19.1 Å². The lowest BCUT2D eigenvalue weighted by Crippen LogP contribution is -2.40. The maximum Gasteiger partial charge on any atom is 0.146 e. The summed E-state index contributed by atoms with van der Waals surface area (Å²) < 4.78 is 14.4. The first-order chi connectivity index (χ1) is 9.53. The second kappa shape index (κ2) is 5.36. The maximum atomic E-state index is 14.4. The molecular weight excluding hydrogens is 251 g/mol. The van der Waals surface area contributed by atoms with E-state index < -0.39 is 0 Å². The Hall–Kier alpha value is -1.09. The third kappa shape index (κ3) is 3.32. The highest BCUT2D eigenvalue weighted by Crippen LogP contribution is 2.33. The number of benzene rings is 1.